The number of amides is 1. The Kier molecular flexibility index (Phi) is 7.64. The summed E-state index contributed by atoms with van der Waals surface area (Å²) >= 11 is 3.11. The summed E-state index contributed by atoms with van der Waals surface area (Å²) in [5.41, 5.74) is 1.37. The molecule has 7 heteroatoms. The molecule has 2 N–H and O–H groups in total. The molecular formula is C25H27NO4S2. The lowest BCUT2D eigenvalue weighted by Gasteiger charge is -2.35. The van der Waals surface area contributed by atoms with Gasteiger partial charge in [0.1, 0.15) is 11.6 Å². The van der Waals surface area contributed by atoms with Crippen molar-refractivity contribution in [2.24, 2.45) is 0 Å². The van der Waals surface area contributed by atoms with Crippen LogP contribution in [0.15, 0.2) is 78.2 Å². The Morgan fingerprint density at radius 1 is 0.969 bits per heavy atom. The highest BCUT2D eigenvalue weighted by Gasteiger charge is 2.39. The zero-order chi connectivity index (χ0) is 23.2. The van der Waals surface area contributed by atoms with E-state index in [1.165, 1.54) is 11.8 Å². The fourth-order valence-electron chi connectivity index (χ4n) is 3.35. The minimum absolute atomic E-state index is 0.149. The number of carboxylic acids is 1. The van der Waals surface area contributed by atoms with E-state index in [2.05, 4.69) is 35.6 Å². The fourth-order valence-corrected chi connectivity index (χ4v) is 5.99. The predicted molar refractivity (Wildman–Crippen MR) is 130 cm³/mol. The molecule has 32 heavy (non-hydrogen) atoms. The number of thiophene rings is 1. The standard InChI is InChI=1S/C25H27NO4S2/c1-24(2,3)30-23(29)26-20(22(27)28)17-32-25(21-15-10-16-31-21,18-11-6-4-7-12-18)19-13-8-5-9-14-19/h4-16,20H,17H2,1-3H3,(H,26,29)(H,27,28). The lowest BCUT2D eigenvalue weighted by atomic mass is 9.89. The molecule has 0 fully saturated rings. The van der Waals surface area contributed by atoms with Gasteiger partial charge in [0.2, 0.25) is 0 Å². The summed E-state index contributed by atoms with van der Waals surface area (Å²) in [6.45, 7) is 5.22. The van der Waals surface area contributed by atoms with Gasteiger partial charge in [-0.15, -0.1) is 23.1 Å². The molecule has 0 radical (unpaired) electrons. The molecule has 3 rings (SSSR count). The Hall–Kier alpha value is -2.77. The molecule has 0 saturated heterocycles. The molecule has 3 aromatic rings. The summed E-state index contributed by atoms with van der Waals surface area (Å²) in [4.78, 5) is 25.3. The van der Waals surface area contributed by atoms with Crippen molar-refractivity contribution in [3.8, 4) is 0 Å². The third-order valence-electron chi connectivity index (χ3n) is 4.68. The summed E-state index contributed by atoms with van der Waals surface area (Å²) in [7, 11) is 0. The molecule has 0 saturated carbocycles. The number of hydrogen-bond acceptors (Lipinski definition) is 5. The summed E-state index contributed by atoms with van der Waals surface area (Å²) in [6, 6.07) is 23.0. The molecule has 1 atom stereocenters. The average Bonchev–Trinajstić information content (AvgIpc) is 3.29. The zero-order valence-electron chi connectivity index (χ0n) is 18.3. The van der Waals surface area contributed by atoms with Crippen molar-refractivity contribution in [2.45, 2.75) is 37.2 Å². The van der Waals surface area contributed by atoms with E-state index >= 15 is 0 Å². The van der Waals surface area contributed by atoms with Crippen LogP contribution in [0.1, 0.15) is 36.8 Å². The first-order valence-electron chi connectivity index (χ1n) is 10.2. The van der Waals surface area contributed by atoms with Gasteiger partial charge >= 0.3 is 12.1 Å². The zero-order valence-corrected chi connectivity index (χ0v) is 19.9. The van der Waals surface area contributed by atoms with E-state index in [9.17, 15) is 14.7 Å². The van der Waals surface area contributed by atoms with Crippen LogP contribution in [0.3, 0.4) is 0 Å². The van der Waals surface area contributed by atoms with Gasteiger partial charge in [0, 0.05) is 10.6 Å². The quantitative estimate of drug-likeness (QED) is 0.439. The van der Waals surface area contributed by atoms with Gasteiger partial charge < -0.3 is 15.2 Å². The Balaban J connectivity index is 1.99. The highest BCUT2D eigenvalue weighted by Crippen LogP contribution is 2.50. The molecule has 1 unspecified atom stereocenters. The van der Waals surface area contributed by atoms with Gasteiger partial charge in [0.05, 0.1) is 4.75 Å². The van der Waals surface area contributed by atoms with Crippen molar-refractivity contribution < 1.29 is 19.4 Å². The summed E-state index contributed by atoms with van der Waals surface area (Å²) in [5.74, 6) is -0.958. The summed E-state index contributed by atoms with van der Waals surface area (Å²) in [5, 5.41) is 14.3. The van der Waals surface area contributed by atoms with E-state index in [4.69, 9.17) is 4.74 Å². The number of rotatable bonds is 8. The third-order valence-corrected chi connectivity index (χ3v) is 7.43. The van der Waals surface area contributed by atoms with Crippen molar-refractivity contribution in [3.63, 3.8) is 0 Å². The summed E-state index contributed by atoms with van der Waals surface area (Å²) in [6.07, 6.45) is -0.744. The number of nitrogens with one attached hydrogen (secondary N) is 1. The second-order valence-corrected chi connectivity index (χ2v) is 10.4. The molecule has 0 aliphatic rings. The molecule has 1 aromatic heterocycles. The highest BCUT2D eigenvalue weighted by atomic mass is 32.2. The molecule has 0 aliphatic heterocycles. The maximum Gasteiger partial charge on any atom is 0.408 e. The van der Waals surface area contributed by atoms with Crippen LogP contribution in [0.25, 0.3) is 0 Å². The second-order valence-electron chi connectivity index (χ2n) is 8.24. The van der Waals surface area contributed by atoms with Crippen LogP contribution in [-0.4, -0.2) is 34.6 Å². The van der Waals surface area contributed by atoms with E-state index in [-0.39, 0.29) is 5.75 Å². The van der Waals surface area contributed by atoms with E-state index < -0.39 is 28.5 Å². The first-order valence-corrected chi connectivity index (χ1v) is 12.1. The Bertz CT molecular complexity index is 976. The minimum Gasteiger partial charge on any atom is -0.480 e. The number of ether oxygens (including phenoxy) is 1. The number of carbonyl (C=O) groups excluding carboxylic acids is 1. The number of aliphatic carboxylic acids is 1. The average molecular weight is 470 g/mol. The molecule has 0 aliphatic carbocycles. The van der Waals surface area contributed by atoms with Crippen molar-refractivity contribution in [1.29, 1.82) is 0 Å². The van der Waals surface area contributed by atoms with Gasteiger partial charge in [0.25, 0.3) is 0 Å². The lowest BCUT2D eigenvalue weighted by Crippen LogP contribution is -2.45. The van der Waals surface area contributed by atoms with Crippen LogP contribution in [0.2, 0.25) is 0 Å². The van der Waals surface area contributed by atoms with Crippen LogP contribution >= 0.6 is 23.1 Å². The van der Waals surface area contributed by atoms with Gasteiger partial charge in [-0.3, -0.25) is 0 Å². The Morgan fingerprint density at radius 2 is 1.53 bits per heavy atom. The lowest BCUT2D eigenvalue weighted by molar-refractivity contribution is -0.138. The molecule has 168 valence electrons. The van der Waals surface area contributed by atoms with Crippen LogP contribution in [0.5, 0.6) is 0 Å². The van der Waals surface area contributed by atoms with Gasteiger partial charge in [0.15, 0.2) is 0 Å². The van der Waals surface area contributed by atoms with Crippen LogP contribution < -0.4 is 5.32 Å². The second kappa shape index (κ2) is 10.2. The van der Waals surface area contributed by atoms with Gasteiger partial charge in [-0.25, -0.2) is 9.59 Å². The summed E-state index contributed by atoms with van der Waals surface area (Å²) < 4.78 is 4.65. The maximum atomic E-state index is 12.3. The van der Waals surface area contributed by atoms with Crippen LogP contribution in [0, 0.1) is 0 Å². The number of carboxylic acid groups (broad SMARTS) is 1. The minimum atomic E-state index is -1.11. The van der Waals surface area contributed by atoms with Gasteiger partial charge in [-0.1, -0.05) is 66.7 Å². The number of hydrogen-bond donors (Lipinski definition) is 2. The maximum absolute atomic E-state index is 12.3. The van der Waals surface area contributed by atoms with E-state index in [1.54, 1.807) is 32.1 Å². The third kappa shape index (κ3) is 5.72. The smallest absolute Gasteiger partial charge is 0.408 e. The first kappa shape index (κ1) is 23.9. The highest BCUT2D eigenvalue weighted by molar-refractivity contribution is 8.00. The topological polar surface area (TPSA) is 75.6 Å². The predicted octanol–water partition coefficient (Wildman–Crippen LogP) is 5.75. The van der Waals surface area contributed by atoms with Crippen molar-refractivity contribution >= 4 is 35.2 Å². The molecular weight excluding hydrogens is 442 g/mol. The van der Waals surface area contributed by atoms with Crippen molar-refractivity contribution in [3.05, 3.63) is 94.2 Å². The van der Waals surface area contributed by atoms with E-state index in [0.29, 0.717) is 0 Å². The molecule has 0 spiro atoms. The Labute approximate surface area is 196 Å². The monoisotopic (exact) mass is 469 g/mol. The van der Waals surface area contributed by atoms with Crippen LogP contribution in [0.4, 0.5) is 4.79 Å². The Morgan fingerprint density at radius 3 is 1.97 bits per heavy atom. The largest absolute Gasteiger partial charge is 0.480 e. The number of benzene rings is 2. The number of carbonyl (C=O) groups is 2. The molecule has 1 heterocycles. The van der Waals surface area contributed by atoms with E-state index in [1.807, 2.05) is 47.8 Å². The first-order chi connectivity index (χ1) is 15.2. The number of alkyl carbamates (subject to hydrolysis) is 1. The molecule has 1 amide bonds. The van der Waals surface area contributed by atoms with E-state index in [0.717, 1.165) is 16.0 Å². The van der Waals surface area contributed by atoms with Crippen molar-refractivity contribution in [2.75, 3.05) is 5.75 Å². The van der Waals surface area contributed by atoms with Gasteiger partial charge in [-0.05, 0) is 43.3 Å². The van der Waals surface area contributed by atoms with Crippen molar-refractivity contribution in [1.82, 2.24) is 5.32 Å². The molecule has 0 bridgehead atoms. The molecule has 5 nitrogen and oxygen atoms in total. The fraction of sp³-hybridized carbons (Fsp3) is 0.280. The number of thioether (sulfide) groups is 1. The van der Waals surface area contributed by atoms with Crippen LogP contribution in [-0.2, 0) is 14.3 Å². The molecule has 2 aromatic carbocycles. The normalized spacial score (nSPS) is 12.7. The van der Waals surface area contributed by atoms with Gasteiger partial charge in [-0.2, -0.15) is 0 Å². The SMILES string of the molecule is CC(C)(C)OC(=O)NC(CSC(c1ccccc1)(c1ccccc1)c1cccs1)C(=O)O.